The third-order valence-electron chi connectivity index (χ3n) is 4.00. The molecule has 2 N–H and O–H groups in total. The largest absolute Gasteiger partial charge is 0.334 e. The van der Waals surface area contributed by atoms with Gasteiger partial charge in [-0.05, 0) is 65.9 Å². The molecule has 0 fully saturated rings. The van der Waals surface area contributed by atoms with E-state index in [9.17, 15) is 9.59 Å². The lowest BCUT2D eigenvalue weighted by Crippen LogP contribution is -2.07. The molecule has 0 bridgehead atoms. The van der Waals surface area contributed by atoms with Crippen LogP contribution < -0.4 is 10.6 Å². The number of amides is 2. The average molecular weight is 388 g/mol. The third kappa shape index (κ3) is 4.10. The van der Waals surface area contributed by atoms with Crippen molar-refractivity contribution in [1.29, 1.82) is 0 Å². The molecule has 7 heteroatoms. The van der Waals surface area contributed by atoms with Gasteiger partial charge in [0.05, 0.1) is 10.4 Å². The first-order valence-corrected chi connectivity index (χ1v) is 9.40. The van der Waals surface area contributed by atoms with Crippen LogP contribution in [-0.2, 0) is 9.59 Å². The highest BCUT2D eigenvalue weighted by molar-refractivity contribution is 8.18. The molecule has 2 heterocycles. The first-order chi connectivity index (χ1) is 13.6. The lowest BCUT2D eigenvalue weighted by atomic mass is 10.1. The van der Waals surface area contributed by atoms with Gasteiger partial charge >= 0.3 is 0 Å². The van der Waals surface area contributed by atoms with Crippen LogP contribution in [0.15, 0.2) is 70.7 Å². The Hall–Kier alpha value is -3.45. The quantitative estimate of drug-likeness (QED) is 0.655. The average Bonchev–Trinajstić information content (AvgIpc) is 3.02. The van der Waals surface area contributed by atoms with Crippen molar-refractivity contribution in [3.63, 3.8) is 0 Å². The predicted octanol–water partition coefficient (Wildman–Crippen LogP) is 4.28. The fraction of sp³-hybridized carbons (Fsp3) is 0.0476. The number of aromatic nitrogens is 1. The smallest absolute Gasteiger partial charge is 0.286 e. The van der Waals surface area contributed by atoms with Crippen LogP contribution in [0.1, 0.15) is 12.5 Å². The Labute approximate surface area is 165 Å². The summed E-state index contributed by atoms with van der Waals surface area (Å²) in [5.74, 6) is -0.394. The number of anilines is 2. The van der Waals surface area contributed by atoms with Gasteiger partial charge in [-0.2, -0.15) is 4.99 Å². The van der Waals surface area contributed by atoms with Gasteiger partial charge in [-0.3, -0.25) is 14.6 Å². The van der Waals surface area contributed by atoms with Crippen molar-refractivity contribution in [1.82, 2.24) is 4.98 Å². The van der Waals surface area contributed by atoms with E-state index in [0.717, 1.165) is 22.2 Å². The maximum absolute atomic E-state index is 12.2. The van der Waals surface area contributed by atoms with E-state index >= 15 is 0 Å². The van der Waals surface area contributed by atoms with Gasteiger partial charge in [0, 0.05) is 29.9 Å². The Kier molecular flexibility index (Phi) is 4.90. The molecule has 0 radical (unpaired) electrons. The standard InChI is InChI=1S/C21H16N4O2S/c1-13(26)23-16-5-7-17(8-6-16)24-21-25-20(27)19(28-21)12-14-4-9-18-15(11-14)3-2-10-22-18/h2-12H,1H3,(H,23,26)(H,24,25,27). The molecule has 0 atom stereocenters. The minimum atomic E-state index is -0.270. The minimum Gasteiger partial charge on any atom is -0.334 e. The number of pyridine rings is 1. The van der Waals surface area contributed by atoms with Crippen LogP contribution in [-0.4, -0.2) is 22.0 Å². The highest BCUT2D eigenvalue weighted by Crippen LogP contribution is 2.30. The molecule has 2 amide bonds. The molecule has 0 saturated carbocycles. The maximum Gasteiger partial charge on any atom is 0.286 e. The van der Waals surface area contributed by atoms with Gasteiger partial charge in [0.25, 0.3) is 5.91 Å². The fourth-order valence-electron chi connectivity index (χ4n) is 2.76. The number of rotatable bonds is 3. The summed E-state index contributed by atoms with van der Waals surface area (Å²) in [6.45, 7) is 1.46. The number of nitrogens with zero attached hydrogens (tertiary/aromatic N) is 2. The molecule has 4 rings (SSSR count). The number of amidine groups is 1. The second kappa shape index (κ2) is 7.66. The Morgan fingerprint density at radius 2 is 1.86 bits per heavy atom. The van der Waals surface area contributed by atoms with Crippen molar-refractivity contribution in [2.75, 3.05) is 10.6 Å². The molecule has 0 spiro atoms. The molecule has 0 aliphatic carbocycles. The fourth-order valence-corrected chi connectivity index (χ4v) is 3.60. The van der Waals surface area contributed by atoms with Crippen LogP contribution in [0.4, 0.5) is 11.4 Å². The molecular weight excluding hydrogens is 372 g/mol. The lowest BCUT2D eigenvalue weighted by molar-refractivity contribution is -0.114. The number of benzene rings is 2. The first kappa shape index (κ1) is 17.9. The summed E-state index contributed by atoms with van der Waals surface area (Å²) in [6, 6.07) is 16.9. The van der Waals surface area contributed by atoms with Crippen molar-refractivity contribution >= 4 is 57.1 Å². The minimum absolute atomic E-state index is 0.124. The highest BCUT2D eigenvalue weighted by Gasteiger charge is 2.22. The van der Waals surface area contributed by atoms with Crippen molar-refractivity contribution in [3.8, 4) is 0 Å². The summed E-state index contributed by atoms with van der Waals surface area (Å²) in [5, 5.41) is 7.37. The highest BCUT2D eigenvalue weighted by atomic mass is 32.2. The van der Waals surface area contributed by atoms with E-state index in [2.05, 4.69) is 20.6 Å². The van der Waals surface area contributed by atoms with E-state index in [1.807, 2.05) is 48.5 Å². The molecular formula is C21H16N4O2S. The predicted molar refractivity (Wildman–Crippen MR) is 114 cm³/mol. The van der Waals surface area contributed by atoms with Crippen molar-refractivity contribution in [2.24, 2.45) is 4.99 Å². The van der Waals surface area contributed by atoms with Crippen molar-refractivity contribution in [3.05, 3.63) is 71.3 Å². The van der Waals surface area contributed by atoms with Gasteiger partial charge < -0.3 is 10.6 Å². The lowest BCUT2D eigenvalue weighted by Gasteiger charge is -2.06. The number of aliphatic imine (C=N–C) groups is 1. The summed E-state index contributed by atoms with van der Waals surface area (Å²) >= 11 is 1.29. The van der Waals surface area contributed by atoms with E-state index in [0.29, 0.717) is 15.8 Å². The van der Waals surface area contributed by atoms with E-state index in [1.165, 1.54) is 18.7 Å². The zero-order valence-corrected chi connectivity index (χ0v) is 15.8. The number of nitrogens with one attached hydrogen (secondary N) is 2. The summed E-state index contributed by atoms with van der Waals surface area (Å²) in [7, 11) is 0. The number of hydrogen-bond donors (Lipinski definition) is 2. The molecule has 3 aromatic rings. The molecule has 6 nitrogen and oxygen atoms in total. The molecule has 1 aliphatic rings. The molecule has 28 heavy (non-hydrogen) atoms. The normalized spacial score (nSPS) is 15.0. The van der Waals surface area contributed by atoms with Gasteiger partial charge in [-0.15, -0.1) is 0 Å². The van der Waals surface area contributed by atoms with Crippen LogP contribution in [0.3, 0.4) is 0 Å². The van der Waals surface area contributed by atoms with Crippen LogP contribution in [0.5, 0.6) is 0 Å². The second-order valence-corrected chi connectivity index (χ2v) is 7.20. The van der Waals surface area contributed by atoms with Crippen LogP contribution in [0, 0.1) is 0 Å². The van der Waals surface area contributed by atoms with Gasteiger partial charge in [0.15, 0.2) is 5.17 Å². The Morgan fingerprint density at radius 3 is 2.64 bits per heavy atom. The van der Waals surface area contributed by atoms with E-state index < -0.39 is 0 Å². The molecule has 138 valence electrons. The van der Waals surface area contributed by atoms with Gasteiger partial charge in [0.2, 0.25) is 5.91 Å². The number of carbonyl (C=O) groups is 2. The Bertz CT molecular complexity index is 1140. The Balaban J connectivity index is 1.47. The topological polar surface area (TPSA) is 83.5 Å². The van der Waals surface area contributed by atoms with Crippen molar-refractivity contribution in [2.45, 2.75) is 6.92 Å². The molecule has 1 aromatic heterocycles. The zero-order chi connectivity index (χ0) is 19.5. The van der Waals surface area contributed by atoms with Crippen LogP contribution in [0.2, 0.25) is 0 Å². The van der Waals surface area contributed by atoms with Gasteiger partial charge in [-0.1, -0.05) is 12.1 Å². The molecule has 0 saturated heterocycles. The number of hydrogen-bond acceptors (Lipinski definition) is 5. The van der Waals surface area contributed by atoms with Crippen LogP contribution >= 0.6 is 11.8 Å². The maximum atomic E-state index is 12.2. The molecule has 0 unspecified atom stereocenters. The molecule has 2 aromatic carbocycles. The summed E-state index contributed by atoms with van der Waals surface area (Å²) in [4.78, 5) is 32.2. The van der Waals surface area contributed by atoms with E-state index in [4.69, 9.17) is 0 Å². The SMILES string of the molecule is CC(=O)Nc1ccc(NC2=NC(=O)C(=Cc3ccc4ncccc4c3)S2)cc1. The van der Waals surface area contributed by atoms with Gasteiger partial charge in [-0.25, -0.2) is 0 Å². The Morgan fingerprint density at radius 1 is 1.07 bits per heavy atom. The second-order valence-electron chi connectivity index (χ2n) is 6.17. The number of carbonyl (C=O) groups excluding carboxylic acids is 2. The monoisotopic (exact) mass is 388 g/mol. The molecule has 1 aliphatic heterocycles. The van der Waals surface area contributed by atoms with E-state index in [1.54, 1.807) is 18.3 Å². The third-order valence-corrected chi connectivity index (χ3v) is 4.90. The summed E-state index contributed by atoms with van der Waals surface area (Å²) in [5.41, 5.74) is 3.33. The van der Waals surface area contributed by atoms with Crippen molar-refractivity contribution < 1.29 is 9.59 Å². The summed E-state index contributed by atoms with van der Waals surface area (Å²) < 4.78 is 0. The van der Waals surface area contributed by atoms with Gasteiger partial charge in [0.1, 0.15) is 0 Å². The zero-order valence-electron chi connectivity index (χ0n) is 15.0. The van der Waals surface area contributed by atoms with E-state index in [-0.39, 0.29) is 11.8 Å². The summed E-state index contributed by atoms with van der Waals surface area (Å²) in [6.07, 6.45) is 3.59. The number of thioether (sulfide) groups is 1. The van der Waals surface area contributed by atoms with Crippen LogP contribution in [0.25, 0.3) is 17.0 Å². The number of fused-ring (bicyclic) bond motifs is 1. The first-order valence-electron chi connectivity index (χ1n) is 8.59.